The highest BCUT2D eigenvalue weighted by atomic mass is 16.5. The summed E-state index contributed by atoms with van der Waals surface area (Å²) in [6, 6.07) is 5.02. The molecule has 0 aliphatic heterocycles. The molecule has 1 aliphatic carbocycles. The van der Waals surface area contributed by atoms with Gasteiger partial charge in [-0.2, -0.15) is 0 Å². The third-order valence-corrected chi connectivity index (χ3v) is 3.11. The number of nitrogens with one attached hydrogen (secondary N) is 1. The second-order valence-electron chi connectivity index (χ2n) is 4.34. The van der Waals surface area contributed by atoms with Gasteiger partial charge in [-0.05, 0) is 18.6 Å². The van der Waals surface area contributed by atoms with Crippen molar-refractivity contribution >= 4 is 17.6 Å². The van der Waals surface area contributed by atoms with E-state index in [1.807, 2.05) is 0 Å². The van der Waals surface area contributed by atoms with Crippen molar-refractivity contribution in [3.8, 4) is 11.5 Å². The van der Waals surface area contributed by atoms with Crippen molar-refractivity contribution in [1.82, 2.24) is 0 Å². The van der Waals surface area contributed by atoms with Crippen molar-refractivity contribution in [2.24, 2.45) is 11.8 Å². The molecule has 0 aromatic heterocycles. The van der Waals surface area contributed by atoms with Crippen LogP contribution in [0.1, 0.15) is 6.42 Å². The molecule has 1 amide bonds. The number of carbonyl (C=O) groups excluding carboxylic acids is 1. The first kappa shape index (κ1) is 13.2. The van der Waals surface area contributed by atoms with Gasteiger partial charge in [0.15, 0.2) is 0 Å². The van der Waals surface area contributed by atoms with Gasteiger partial charge < -0.3 is 19.9 Å². The topological polar surface area (TPSA) is 84.9 Å². The highest BCUT2D eigenvalue weighted by Crippen LogP contribution is 2.40. The largest absolute Gasteiger partial charge is 0.497 e. The summed E-state index contributed by atoms with van der Waals surface area (Å²) in [7, 11) is 3.02. The van der Waals surface area contributed by atoms with Gasteiger partial charge in [-0.3, -0.25) is 9.59 Å². The Hall–Kier alpha value is -2.24. The van der Waals surface area contributed by atoms with E-state index in [4.69, 9.17) is 14.6 Å². The molecule has 0 bridgehead atoms. The van der Waals surface area contributed by atoms with Crippen LogP contribution in [0.4, 0.5) is 5.69 Å². The molecule has 2 rings (SSSR count). The molecule has 1 fully saturated rings. The zero-order valence-electron chi connectivity index (χ0n) is 10.7. The lowest BCUT2D eigenvalue weighted by Gasteiger charge is -2.11. The molecule has 6 nitrogen and oxygen atoms in total. The molecule has 0 unspecified atom stereocenters. The van der Waals surface area contributed by atoms with Gasteiger partial charge in [0.05, 0.1) is 31.7 Å². The van der Waals surface area contributed by atoms with Gasteiger partial charge in [-0.25, -0.2) is 0 Å². The van der Waals surface area contributed by atoms with Gasteiger partial charge in [0.1, 0.15) is 11.5 Å². The average Bonchev–Trinajstić information content (AvgIpc) is 3.19. The predicted molar refractivity (Wildman–Crippen MR) is 67.4 cm³/mol. The molecule has 6 heteroatoms. The zero-order chi connectivity index (χ0) is 14.0. The number of hydrogen-bond acceptors (Lipinski definition) is 4. The minimum Gasteiger partial charge on any atom is -0.497 e. The molecule has 2 atom stereocenters. The van der Waals surface area contributed by atoms with Gasteiger partial charge in [0.2, 0.25) is 5.91 Å². The minimum atomic E-state index is -0.933. The third-order valence-electron chi connectivity index (χ3n) is 3.11. The third kappa shape index (κ3) is 2.78. The van der Waals surface area contributed by atoms with Gasteiger partial charge in [0, 0.05) is 6.07 Å². The Balaban J connectivity index is 2.10. The zero-order valence-corrected chi connectivity index (χ0v) is 10.7. The Morgan fingerprint density at radius 1 is 1.26 bits per heavy atom. The second-order valence-corrected chi connectivity index (χ2v) is 4.34. The number of carboxylic acid groups (broad SMARTS) is 1. The second kappa shape index (κ2) is 5.17. The summed E-state index contributed by atoms with van der Waals surface area (Å²) >= 11 is 0. The van der Waals surface area contributed by atoms with E-state index in [1.165, 1.54) is 14.2 Å². The fraction of sp³-hybridized carbons (Fsp3) is 0.385. The fourth-order valence-electron chi connectivity index (χ4n) is 1.89. The molecular formula is C13H15NO5. The Kier molecular flexibility index (Phi) is 3.59. The Morgan fingerprint density at radius 3 is 2.53 bits per heavy atom. The number of hydrogen-bond donors (Lipinski definition) is 2. The number of aliphatic carboxylic acids is 1. The maximum absolute atomic E-state index is 11.9. The number of methoxy groups -OCH3 is 2. The Labute approximate surface area is 110 Å². The molecule has 1 saturated carbocycles. The molecule has 0 radical (unpaired) electrons. The molecule has 1 aromatic carbocycles. The molecule has 0 heterocycles. The van der Waals surface area contributed by atoms with Crippen LogP contribution in [0.25, 0.3) is 0 Å². The molecule has 0 saturated heterocycles. The average molecular weight is 265 g/mol. The summed E-state index contributed by atoms with van der Waals surface area (Å²) in [6.07, 6.45) is 0.382. The molecular weight excluding hydrogens is 250 g/mol. The Morgan fingerprint density at radius 2 is 2.00 bits per heavy atom. The van der Waals surface area contributed by atoms with Crippen molar-refractivity contribution in [3.05, 3.63) is 18.2 Å². The summed E-state index contributed by atoms with van der Waals surface area (Å²) in [6.45, 7) is 0. The minimum absolute atomic E-state index is 0.307. The number of benzene rings is 1. The van der Waals surface area contributed by atoms with Gasteiger partial charge in [-0.15, -0.1) is 0 Å². The first-order valence-electron chi connectivity index (χ1n) is 5.82. The number of ether oxygens (including phenoxy) is 2. The van der Waals surface area contributed by atoms with E-state index in [0.29, 0.717) is 23.6 Å². The lowest BCUT2D eigenvalue weighted by Crippen LogP contribution is -2.17. The van der Waals surface area contributed by atoms with Gasteiger partial charge in [0.25, 0.3) is 0 Å². The smallest absolute Gasteiger partial charge is 0.307 e. The van der Waals surface area contributed by atoms with E-state index >= 15 is 0 Å². The van der Waals surface area contributed by atoms with Crippen molar-refractivity contribution in [2.45, 2.75) is 6.42 Å². The van der Waals surface area contributed by atoms with Crippen LogP contribution < -0.4 is 14.8 Å². The number of amides is 1. The quantitative estimate of drug-likeness (QED) is 0.839. The summed E-state index contributed by atoms with van der Waals surface area (Å²) in [4.78, 5) is 22.6. The molecule has 1 aliphatic rings. The fourth-order valence-corrected chi connectivity index (χ4v) is 1.89. The highest BCUT2D eigenvalue weighted by Gasteiger charge is 2.48. The number of rotatable bonds is 5. The van der Waals surface area contributed by atoms with Crippen LogP contribution in [0.2, 0.25) is 0 Å². The van der Waals surface area contributed by atoms with Gasteiger partial charge in [-0.1, -0.05) is 0 Å². The summed E-state index contributed by atoms with van der Waals surface area (Å²) < 4.78 is 10.2. The van der Waals surface area contributed by atoms with Crippen LogP contribution in [0.3, 0.4) is 0 Å². The predicted octanol–water partition coefficient (Wildman–Crippen LogP) is 1.36. The summed E-state index contributed by atoms with van der Waals surface area (Å²) in [5.74, 6) is -1.19. The first-order chi connectivity index (χ1) is 9.06. The lowest BCUT2D eigenvalue weighted by molar-refractivity contribution is -0.139. The normalized spacial score (nSPS) is 20.5. The SMILES string of the molecule is COc1ccc(OC)c(NC(=O)[C@@H]2C[C@@H]2C(=O)O)c1. The molecule has 2 N–H and O–H groups in total. The van der Waals surface area contributed by atoms with Gasteiger partial charge >= 0.3 is 5.97 Å². The van der Waals surface area contributed by atoms with E-state index in [9.17, 15) is 9.59 Å². The maximum Gasteiger partial charge on any atom is 0.307 e. The number of anilines is 1. The highest BCUT2D eigenvalue weighted by molar-refractivity contribution is 5.99. The van der Waals surface area contributed by atoms with Crippen LogP contribution >= 0.6 is 0 Å². The van der Waals surface area contributed by atoms with Crippen LogP contribution in [-0.2, 0) is 9.59 Å². The van der Waals surface area contributed by atoms with E-state index in [0.717, 1.165) is 0 Å². The van der Waals surface area contributed by atoms with Crippen LogP contribution in [0.15, 0.2) is 18.2 Å². The number of carbonyl (C=O) groups is 2. The van der Waals surface area contributed by atoms with E-state index in [1.54, 1.807) is 18.2 Å². The van der Waals surface area contributed by atoms with E-state index in [-0.39, 0.29) is 5.91 Å². The first-order valence-corrected chi connectivity index (χ1v) is 5.82. The molecule has 102 valence electrons. The monoisotopic (exact) mass is 265 g/mol. The van der Waals surface area contributed by atoms with Crippen molar-refractivity contribution < 1.29 is 24.2 Å². The molecule has 1 aromatic rings. The van der Waals surface area contributed by atoms with Crippen molar-refractivity contribution in [2.75, 3.05) is 19.5 Å². The summed E-state index contributed by atoms with van der Waals surface area (Å²) in [5.41, 5.74) is 0.475. The number of carboxylic acids is 1. The van der Waals surface area contributed by atoms with Crippen molar-refractivity contribution in [3.63, 3.8) is 0 Å². The molecule has 0 spiro atoms. The maximum atomic E-state index is 11.9. The standard InChI is InChI=1S/C13H15NO5/c1-18-7-3-4-11(19-2)10(5-7)14-12(15)8-6-9(8)13(16)17/h3-5,8-9H,6H2,1-2H3,(H,14,15)(H,16,17)/t8-,9+/m1/s1. The van der Waals surface area contributed by atoms with Crippen molar-refractivity contribution in [1.29, 1.82) is 0 Å². The van der Waals surface area contributed by atoms with Crippen LogP contribution in [0, 0.1) is 11.8 Å². The van der Waals surface area contributed by atoms with E-state index in [2.05, 4.69) is 5.32 Å². The molecule has 19 heavy (non-hydrogen) atoms. The Bertz CT molecular complexity index is 514. The summed E-state index contributed by atoms with van der Waals surface area (Å²) in [5, 5.41) is 11.5. The lowest BCUT2D eigenvalue weighted by atomic mass is 10.2. The van der Waals surface area contributed by atoms with Crippen LogP contribution in [0.5, 0.6) is 11.5 Å². The van der Waals surface area contributed by atoms with Crippen LogP contribution in [-0.4, -0.2) is 31.2 Å². The van der Waals surface area contributed by atoms with E-state index < -0.39 is 17.8 Å².